The molecule has 0 amide bonds. The van der Waals surface area contributed by atoms with Crippen LogP contribution in [0.1, 0.15) is 34.3 Å². The topological polar surface area (TPSA) is 130 Å². The number of nitrogens with zero attached hydrogens (tertiary/aromatic N) is 2. The molecular formula is C40H34N4O4. The summed E-state index contributed by atoms with van der Waals surface area (Å²) in [6.45, 7) is 0. The third-order valence-corrected chi connectivity index (χ3v) is 7.87. The molecule has 0 fully saturated rings. The van der Waals surface area contributed by atoms with Gasteiger partial charge in [-0.25, -0.2) is 0 Å². The van der Waals surface area contributed by atoms with Gasteiger partial charge in [0.05, 0.1) is 34.8 Å². The molecule has 0 aromatic heterocycles. The van der Waals surface area contributed by atoms with Crippen LogP contribution < -0.4 is 10.6 Å². The fraction of sp³-hybridized carbons (Fsp3) is 0.0500. The lowest BCUT2D eigenvalue weighted by atomic mass is 9.91. The second kappa shape index (κ2) is 14.7. The summed E-state index contributed by atoms with van der Waals surface area (Å²) in [5.74, 6) is 0.370. The Hall–Kier alpha value is -6.54. The number of rotatable bonds is 11. The second-order valence-corrected chi connectivity index (χ2v) is 11.0. The maximum Gasteiger partial charge on any atom is 0.124 e. The van der Waals surface area contributed by atoms with Gasteiger partial charge in [0.15, 0.2) is 0 Å². The average Bonchev–Trinajstić information content (AvgIpc) is 3.11. The van der Waals surface area contributed by atoms with Crippen molar-refractivity contribution in [2.45, 2.75) is 12.1 Å². The summed E-state index contributed by atoms with van der Waals surface area (Å²) in [4.78, 5) is 9.39. The van der Waals surface area contributed by atoms with Crippen molar-refractivity contribution in [3.8, 4) is 23.0 Å². The zero-order chi connectivity index (χ0) is 33.3. The van der Waals surface area contributed by atoms with Gasteiger partial charge in [0.2, 0.25) is 0 Å². The zero-order valence-electron chi connectivity index (χ0n) is 25.8. The van der Waals surface area contributed by atoms with E-state index in [1.807, 2.05) is 84.9 Å². The van der Waals surface area contributed by atoms with Crippen molar-refractivity contribution >= 4 is 35.2 Å². The van der Waals surface area contributed by atoms with Gasteiger partial charge in [-0.1, -0.05) is 84.9 Å². The van der Waals surface area contributed by atoms with Gasteiger partial charge in [0, 0.05) is 34.7 Å². The number of phenolic OH excluding ortho intramolecular Hbond substituents is 4. The quantitative estimate of drug-likeness (QED) is 0.0789. The molecule has 8 nitrogen and oxygen atoms in total. The Morgan fingerprint density at radius 1 is 0.396 bits per heavy atom. The fourth-order valence-electron chi connectivity index (χ4n) is 5.41. The van der Waals surface area contributed by atoms with Crippen LogP contribution in [0, 0.1) is 0 Å². The summed E-state index contributed by atoms with van der Waals surface area (Å²) in [5, 5.41) is 50.2. The van der Waals surface area contributed by atoms with Gasteiger partial charge in [-0.2, -0.15) is 0 Å². The molecule has 0 saturated carbocycles. The molecule has 0 heterocycles. The summed E-state index contributed by atoms with van der Waals surface area (Å²) < 4.78 is 0. The van der Waals surface area contributed by atoms with Crippen LogP contribution in [0.5, 0.6) is 23.0 Å². The highest BCUT2D eigenvalue weighted by Gasteiger charge is 2.30. The van der Waals surface area contributed by atoms with Crippen LogP contribution in [0.4, 0.5) is 22.7 Å². The molecule has 6 aromatic carbocycles. The standard InChI is InChI=1S/C40H34N4O4/c45-35-21-9-1-13-27(35)25-41-31-17-5-7-19-33(31)43-39(29-15-3-11-23-37(29)47)40(30-16-4-12-24-38(30)48)44-34-20-8-6-18-32(34)42-26-28-14-2-10-22-36(28)46/h1-26,39-40,43-48H/t39-,40-/m1/s1. The first-order chi connectivity index (χ1) is 23.5. The molecule has 48 heavy (non-hydrogen) atoms. The van der Waals surface area contributed by atoms with Crippen molar-refractivity contribution in [2.24, 2.45) is 9.98 Å². The van der Waals surface area contributed by atoms with Crippen LogP contribution in [0.3, 0.4) is 0 Å². The Bertz CT molecular complexity index is 1930. The second-order valence-electron chi connectivity index (χ2n) is 11.0. The number of aliphatic imine (C=N–C) groups is 2. The van der Waals surface area contributed by atoms with Crippen LogP contribution in [-0.4, -0.2) is 32.9 Å². The van der Waals surface area contributed by atoms with Gasteiger partial charge in [0.25, 0.3) is 0 Å². The SMILES string of the molecule is Oc1ccccc1C=Nc1ccccc1N[C@H](c1ccccc1O)[C@H](Nc1ccccc1N=Cc1ccccc1O)c1ccccc1O. The Morgan fingerprint density at radius 2 is 0.729 bits per heavy atom. The van der Waals surface area contributed by atoms with E-state index >= 15 is 0 Å². The van der Waals surface area contributed by atoms with Crippen LogP contribution in [0.2, 0.25) is 0 Å². The predicted octanol–water partition coefficient (Wildman–Crippen LogP) is 9.02. The van der Waals surface area contributed by atoms with Gasteiger partial charge < -0.3 is 31.1 Å². The molecule has 0 saturated heterocycles. The third kappa shape index (κ3) is 7.29. The van der Waals surface area contributed by atoms with E-state index in [1.54, 1.807) is 73.1 Å². The lowest BCUT2D eigenvalue weighted by Crippen LogP contribution is -2.26. The Labute approximate surface area is 278 Å². The fourth-order valence-corrected chi connectivity index (χ4v) is 5.41. The number of nitrogens with one attached hydrogen (secondary N) is 2. The first kappa shape index (κ1) is 31.4. The minimum Gasteiger partial charge on any atom is -0.508 e. The van der Waals surface area contributed by atoms with Crippen molar-refractivity contribution in [2.75, 3.05) is 10.6 Å². The van der Waals surface area contributed by atoms with E-state index < -0.39 is 12.1 Å². The zero-order valence-corrected chi connectivity index (χ0v) is 25.8. The Morgan fingerprint density at radius 3 is 1.12 bits per heavy atom. The van der Waals surface area contributed by atoms with E-state index in [0.717, 1.165) is 0 Å². The summed E-state index contributed by atoms with van der Waals surface area (Å²) in [7, 11) is 0. The molecule has 0 bridgehead atoms. The summed E-state index contributed by atoms with van der Waals surface area (Å²) in [6, 6.07) is 41.7. The molecular weight excluding hydrogens is 600 g/mol. The number of benzene rings is 6. The van der Waals surface area contributed by atoms with Crippen LogP contribution in [0.15, 0.2) is 156 Å². The Kier molecular flexibility index (Phi) is 9.63. The van der Waals surface area contributed by atoms with Crippen molar-refractivity contribution in [3.05, 3.63) is 168 Å². The molecule has 238 valence electrons. The summed E-state index contributed by atoms with van der Waals surface area (Å²) in [6.07, 6.45) is 3.20. The minimum atomic E-state index is -0.656. The molecule has 2 atom stereocenters. The van der Waals surface area contributed by atoms with Gasteiger partial charge in [-0.05, 0) is 60.7 Å². The highest BCUT2D eigenvalue weighted by atomic mass is 16.3. The largest absolute Gasteiger partial charge is 0.508 e. The van der Waals surface area contributed by atoms with E-state index in [1.165, 1.54) is 0 Å². The van der Waals surface area contributed by atoms with E-state index in [-0.39, 0.29) is 23.0 Å². The molecule has 6 aromatic rings. The molecule has 0 aliphatic heterocycles. The van der Waals surface area contributed by atoms with E-state index in [9.17, 15) is 20.4 Å². The van der Waals surface area contributed by atoms with Crippen LogP contribution in [-0.2, 0) is 0 Å². The van der Waals surface area contributed by atoms with Crippen LogP contribution >= 0.6 is 0 Å². The number of phenols is 4. The van der Waals surface area contributed by atoms with Gasteiger partial charge in [-0.15, -0.1) is 0 Å². The molecule has 8 heteroatoms. The Balaban J connectivity index is 1.45. The van der Waals surface area contributed by atoms with Crippen molar-refractivity contribution in [1.82, 2.24) is 0 Å². The highest BCUT2D eigenvalue weighted by molar-refractivity contribution is 5.88. The van der Waals surface area contributed by atoms with Crippen LogP contribution in [0.25, 0.3) is 0 Å². The van der Waals surface area contributed by atoms with E-state index in [0.29, 0.717) is 45.0 Å². The number of aromatic hydroxyl groups is 4. The predicted molar refractivity (Wildman–Crippen MR) is 193 cm³/mol. The number of hydrogen-bond donors (Lipinski definition) is 6. The maximum absolute atomic E-state index is 11.2. The monoisotopic (exact) mass is 634 g/mol. The molecule has 0 radical (unpaired) electrons. The molecule has 0 unspecified atom stereocenters. The van der Waals surface area contributed by atoms with Crippen molar-refractivity contribution < 1.29 is 20.4 Å². The average molecular weight is 635 g/mol. The molecule has 6 N–H and O–H groups in total. The van der Waals surface area contributed by atoms with E-state index in [4.69, 9.17) is 9.98 Å². The summed E-state index contributed by atoms with van der Waals surface area (Å²) in [5.41, 5.74) is 4.81. The first-order valence-electron chi connectivity index (χ1n) is 15.4. The van der Waals surface area contributed by atoms with E-state index in [2.05, 4.69) is 10.6 Å². The number of para-hydroxylation sites is 8. The smallest absolute Gasteiger partial charge is 0.124 e. The lowest BCUT2D eigenvalue weighted by Gasteiger charge is -2.32. The van der Waals surface area contributed by atoms with Crippen molar-refractivity contribution in [3.63, 3.8) is 0 Å². The van der Waals surface area contributed by atoms with Gasteiger partial charge in [0.1, 0.15) is 23.0 Å². The van der Waals surface area contributed by atoms with Crippen molar-refractivity contribution in [1.29, 1.82) is 0 Å². The maximum atomic E-state index is 11.2. The third-order valence-electron chi connectivity index (χ3n) is 7.87. The number of hydrogen-bond acceptors (Lipinski definition) is 8. The summed E-state index contributed by atoms with van der Waals surface area (Å²) >= 11 is 0. The molecule has 0 aliphatic rings. The number of anilines is 2. The molecule has 6 rings (SSSR count). The highest BCUT2D eigenvalue weighted by Crippen LogP contribution is 2.43. The molecule has 0 spiro atoms. The first-order valence-corrected chi connectivity index (χ1v) is 15.4. The lowest BCUT2D eigenvalue weighted by molar-refractivity contribution is 0.447. The molecule has 0 aliphatic carbocycles. The van der Waals surface area contributed by atoms with Gasteiger partial charge in [-0.3, -0.25) is 9.98 Å². The minimum absolute atomic E-state index is 0.0678. The normalized spacial score (nSPS) is 12.6. The van der Waals surface area contributed by atoms with Gasteiger partial charge >= 0.3 is 0 Å².